The van der Waals surface area contributed by atoms with Gasteiger partial charge in [0.2, 0.25) is 5.60 Å². The number of nitriles is 1. The highest BCUT2D eigenvalue weighted by atomic mass is 31.2. The SMILES string of the molecule is CC(=O)O[C@H]1[C@H](c2ccc3c(N)ncnn23)O[C@](C#N)(COP(=O)(N[C@@H](C)C(=O)OC(C)C)Oc2ccccc2)[C@H]1OC(C)=O. The van der Waals surface area contributed by atoms with Gasteiger partial charge in [0, 0.05) is 13.8 Å². The predicted octanol–water partition coefficient (Wildman–Crippen LogP) is 2.64. The summed E-state index contributed by atoms with van der Waals surface area (Å²) in [5.41, 5.74) is 4.41. The molecule has 240 valence electrons. The largest absolute Gasteiger partial charge is 0.462 e. The molecule has 1 unspecified atom stereocenters. The standard InChI is InChI=1S/C28H33N6O10P/c1-16(2)40-27(37)17(3)33-45(38,44-20-9-7-6-8-10-20)39-14-28(13-29)25(42-19(5)36)24(41-18(4)35)23(43-28)21-11-12-22-26(30)31-15-32-34(21)22/h6-12,15-17,23-25H,14H2,1-5H3,(H,33,38)(H2,30,31,32)/t17-,23-,24-,25-,28+,45?/m0/s1. The fourth-order valence-corrected chi connectivity index (χ4v) is 6.13. The summed E-state index contributed by atoms with van der Waals surface area (Å²) in [7, 11) is -4.51. The molecule has 1 saturated heterocycles. The molecule has 3 aromatic rings. The number of nitrogens with zero attached hydrogens (tertiary/aromatic N) is 4. The topological polar surface area (TPSA) is 216 Å². The molecule has 17 heteroatoms. The summed E-state index contributed by atoms with van der Waals surface area (Å²) in [6.45, 7) is 6.06. The van der Waals surface area contributed by atoms with E-state index in [2.05, 4.69) is 15.2 Å². The molecule has 1 aliphatic rings. The van der Waals surface area contributed by atoms with Crippen LogP contribution < -0.4 is 15.3 Å². The van der Waals surface area contributed by atoms with Crippen LogP contribution in [-0.2, 0) is 42.4 Å². The van der Waals surface area contributed by atoms with Crippen LogP contribution in [0, 0.1) is 11.3 Å². The smallest absolute Gasteiger partial charge is 0.459 e. The van der Waals surface area contributed by atoms with Gasteiger partial charge in [-0.25, -0.2) is 14.1 Å². The first kappa shape index (κ1) is 33.3. The first-order valence-electron chi connectivity index (χ1n) is 13.8. The summed E-state index contributed by atoms with van der Waals surface area (Å²) in [6.07, 6.45) is -3.52. The van der Waals surface area contributed by atoms with Crippen molar-refractivity contribution in [2.75, 3.05) is 12.3 Å². The van der Waals surface area contributed by atoms with Gasteiger partial charge in [-0.1, -0.05) is 18.2 Å². The summed E-state index contributed by atoms with van der Waals surface area (Å²) < 4.78 is 49.4. The van der Waals surface area contributed by atoms with Crippen molar-refractivity contribution in [1.82, 2.24) is 19.7 Å². The number of hydrogen-bond acceptors (Lipinski definition) is 14. The zero-order valence-corrected chi connectivity index (χ0v) is 26.0. The molecule has 2 aromatic heterocycles. The summed E-state index contributed by atoms with van der Waals surface area (Å²) in [5, 5.41) is 17.2. The van der Waals surface area contributed by atoms with E-state index < -0.39 is 68.3 Å². The molecule has 0 spiro atoms. The van der Waals surface area contributed by atoms with Gasteiger partial charge in [0.15, 0.2) is 18.0 Å². The van der Waals surface area contributed by atoms with Crippen LogP contribution in [0.15, 0.2) is 48.8 Å². The highest BCUT2D eigenvalue weighted by Crippen LogP contribution is 2.49. The van der Waals surface area contributed by atoms with Crippen LogP contribution in [0.4, 0.5) is 5.82 Å². The van der Waals surface area contributed by atoms with Crippen LogP contribution in [0.3, 0.4) is 0 Å². The molecule has 0 aliphatic carbocycles. The third kappa shape index (κ3) is 7.58. The van der Waals surface area contributed by atoms with Gasteiger partial charge in [-0.3, -0.25) is 18.9 Å². The van der Waals surface area contributed by atoms with Gasteiger partial charge in [-0.15, -0.1) is 0 Å². The molecule has 0 radical (unpaired) electrons. The number of aromatic nitrogens is 3. The minimum absolute atomic E-state index is 0.111. The number of nitrogen functional groups attached to an aromatic ring is 1. The Hall–Kier alpha value is -4.55. The van der Waals surface area contributed by atoms with Gasteiger partial charge in [0.25, 0.3) is 0 Å². The Kier molecular flexibility index (Phi) is 10.1. The van der Waals surface area contributed by atoms with Crippen molar-refractivity contribution in [1.29, 1.82) is 5.26 Å². The van der Waals surface area contributed by atoms with E-state index >= 15 is 0 Å². The number of benzene rings is 1. The van der Waals surface area contributed by atoms with Crippen molar-refractivity contribution in [2.45, 2.75) is 70.7 Å². The normalized spacial score (nSPS) is 23.1. The Labute approximate surface area is 258 Å². The summed E-state index contributed by atoms with van der Waals surface area (Å²) in [6, 6.07) is 11.9. The van der Waals surface area contributed by atoms with E-state index in [-0.39, 0.29) is 17.3 Å². The maximum absolute atomic E-state index is 14.2. The molecule has 0 bridgehead atoms. The molecule has 1 fully saturated rings. The third-order valence-corrected chi connectivity index (χ3v) is 8.08. The Bertz CT molecular complexity index is 1640. The maximum atomic E-state index is 14.2. The molecule has 1 aromatic carbocycles. The lowest BCUT2D eigenvalue weighted by Crippen LogP contribution is -2.49. The van der Waals surface area contributed by atoms with E-state index in [0.717, 1.165) is 13.8 Å². The summed E-state index contributed by atoms with van der Waals surface area (Å²) in [5.74, 6) is -2.10. The van der Waals surface area contributed by atoms with Crippen molar-refractivity contribution >= 4 is 37.0 Å². The molecule has 16 nitrogen and oxygen atoms in total. The first-order chi connectivity index (χ1) is 21.3. The van der Waals surface area contributed by atoms with Gasteiger partial charge in [-0.2, -0.15) is 15.4 Å². The van der Waals surface area contributed by atoms with E-state index in [1.165, 1.54) is 29.9 Å². The molecule has 6 atom stereocenters. The Morgan fingerprint density at radius 3 is 2.44 bits per heavy atom. The lowest BCUT2D eigenvalue weighted by atomic mass is 9.95. The number of carbonyl (C=O) groups excluding carboxylic acids is 3. The van der Waals surface area contributed by atoms with Gasteiger partial charge in [-0.05, 0) is 45.0 Å². The van der Waals surface area contributed by atoms with E-state index in [1.54, 1.807) is 44.2 Å². The minimum atomic E-state index is -4.51. The van der Waals surface area contributed by atoms with Crippen LogP contribution in [0.1, 0.15) is 46.4 Å². The molecule has 1 aliphatic heterocycles. The van der Waals surface area contributed by atoms with Crippen LogP contribution in [0.2, 0.25) is 0 Å². The average molecular weight is 645 g/mol. The number of ether oxygens (including phenoxy) is 4. The van der Waals surface area contributed by atoms with Gasteiger partial charge in [0.1, 0.15) is 42.4 Å². The quantitative estimate of drug-likeness (QED) is 0.165. The molecular weight excluding hydrogens is 611 g/mol. The second kappa shape index (κ2) is 13.6. The van der Waals surface area contributed by atoms with Crippen LogP contribution >= 0.6 is 7.75 Å². The number of carbonyl (C=O) groups is 3. The van der Waals surface area contributed by atoms with Crippen molar-refractivity contribution in [2.24, 2.45) is 0 Å². The number of nitrogens with two attached hydrogens (primary N) is 1. The van der Waals surface area contributed by atoms with E-state index in [0.29, 0.717) is 5.52 Å². The van der Waals surface area contributed by atoms with Crippen LogP contribution in [0.25, 0.3) is 5.52 Å². The second-order valence-corrected chi connectivity index (χ2v) is 12.0. The first-order valence-corrected chi connectivity index (χ1v) is 15.3. The number of para-hydroxylation sites is 1. The zero-order valence-electron chi connectivity index (χ0n) is 25.1. The summed E-state index contributed by atoms with van der Waals surface area (Å²) >= 11 is 0. The summed E-state index contributed by atoms with van der Waals surface area (Å²) in [4.78, 5) is 41.0. The fraction of sp³-hybridized carbons (Fsp3) is 0.429. The lowest BCUT2D eigenvalue weighted by molar-refractivity contribution is -0.166. The van der Waals surface area contributed by atoms with Crippen molar-refractivity contribution < 1.29 is 46.9 Å². The number of hydrogen-bond donors (Lipinski definition) is 2. The number of esters is 3. The number of nitrogens with one attached hydrogen (secondary N) is 1. The third-order valence-electron chi connectivity index (χ3n) is 6.46. The highest BCUT2D eigenvalue weighted by Gasteiger charge is 2.62. The number of rotatable bonds is 12. The molecule has 0 saturated carbocycles. The zero-order chi connectivity index (χ0) is 32.9. The molecule has 45 heavy (non-hydrogen) atoms. The lowest BCUT2D eigenvalue weighted by Gasteiger charge is -2.30. The Morgan fingerprint density at radius 1 is 1.13 bits per heavy atom. The minimum Gasteiger partial charge on any atom is -0.462 e. The molecule has 3 N–H and O–H groups in total. The number of fused-ring (bicyclic) bond motifs is 1. The molecular formula is C28H33N6O10P. The van der Waals surface area contributed by atoms with Crippen LogP contribution in [-0.4, -0.2) is 69.1 Å². The van der Waals surface area contributed by atoms with Gasteiger partial charge in [0.05, 0.1) is 11.8 Å². The molecule has 3 heterocycles. The van der Waals surface area contributed by atoms with Crippen LogP contribution in [0.5, 0.6) is 5.75 Å². The molecule has 0 amide bonds. The van der Waals surface area contributed by atoms with Crippen molar-refractivity contribution in [3.63, 3.8) is 0 Å². The van der Waals surface area contributed by atoms with E-state index in [4.69, 9.17) is 33.7 Å². The maximum Gasteiger partial charge on any atom is 0.459 e. The van der Waals surface area contributed by atoms with E-state index in [9.17, 15) is 24.2 Å². The highest BCUT2D eigenvalue weighted by molar-refractivity contribution is 7.52. The fourth-order valence-electron chi connectivity index (χ4n) is 4.61. The van der Waals surface area contributed by atoms with Gasteiger partial charge < -0.3 is 29.2 Å². The van der Waals surface area contributed by atoms with Gasteiger partial charge >= 0.3 is 25.7 Å². The predicted molar refractivity (Wildman–Crippen MR) is 155 cm³/mol. The van der Waals surface area contributed by atoms with E-state index in [1.807, 2.05) is 6.07 Å². The average Bonchev–Trinajstić information content (AvgIpc) is 3.52. The molecule has 4 rings (SSSR count). The Morgan fingerprint density at radius 2 is 1.82 bits per heavy atom. The Balaban J connectivity index is 1.74. The monoisotopic (exact) mass is 644 g/mol. The second-order valence-electron chi connectivity index (χ2n) is 10.4. The van der Waals surface area contributed by atoms with Crippen molar-refractivity contribution in [3.05, 3.63) is 54.5 Å². The number of anilines is 1. The van der Waals surface area contributed by atoms with Crippen molar-refractivity contribution in [3.8, 4) is 11.8 Å².